The molecule has 2 N–H and O–H groups in total. The normalized spacial score (nSPS) is 17.3. The second-order valence-electron chi connectivity index (χ2n) is 8.31. The number of nitrogens with two attached hydrogens (primary N) is 1. The zero-order chi connectivity index (χ0) is 21.1. The molecular formula is C24H28FN5. The SMILES string of the molecule is C=C1C=NC=CN1CC(C)CCc1c(C2CCC2)ccc(-c2cnc(N)cn2)c1F. The summed E-state index contributed by atoms with van der Waals surface area (Å²) in [6.07, 6.45) is 13.6. The fourth-order valence-corrected chi connectivity index (χ4v) is 4.08. The van der Waals surface area contributed by atoms with Crippen LogP contribution in [0.2, 0.25) is 0 Å². The molecule has 1 fully saturated rings. The molecule has 1 unspecified atom stereocenters. The Labute approximate surface area is 177 Å². The number of aromatic nitrogens is 2. The molecule has 2 heterocycles. The van der Waals surface area contributed by atoms with Crippen LogP contribution in [0.4, 0.5) is 10.2 Å². The lowest BCUT2D eigenvalue weighted by Gasteiger charge is -2.29. The van der Waals surface area contributed by atoms with Gasteiger partial charge < -0.3 is 10.6 Å². The fourth-order valence-electron chi connectivity index (χ4n) is 4.08. The van der Waals surface area contributed by atoms with E-state index in [1.807, 2.05) is 12.3 Å². The van der Waals surface area contributed by atoms with E-state index in [0.29, 0.717) is 35.3 Å². The lowest BCUT2D eigenvalue weighted by molar-refractivity contribution is 0.371. The van der Waals surface area contributed by atoms with Gasteiger partial charge in [0.1, 0.15) is 11.6 Å². The highest BCUT2D eigenvalue weighted by Crippen LogP contribution is 2.41. The smallest absolute Gasteiger partial charge is 0.141 e. The molecule has 1 aromatic heterocycles. The van der Waals surface area contributed by atoms with E-state index in [0.717, 1.165) is 42.6 Å². The van der Waals surface area contributed by atoms with Gasteiger partial charge in [-0.25, -0.2) is 9.37 Å². The van der Waals surface area contributed by atoms with Crippen LogP contribution in [0.3, 0.4) is 0 Å². The van der Waals surface area contributed by atoms with Crippen molar-refractivity contribution in [2.45, 2.75) is 44.9 Å². The Kier molecular flexibility index (Phi) is 5.93. The Balaban J connectivity index is 1.54. The minimum absolute atomic E-state index is 0.167. The largest absolute Gasteiger partial charge is 0.382 e. The molecule has 4 rings (SSSR count). The number of benzene rings is 1. The van der Waals surface area contributed by atoms with Crippen LogP contribution in [0.5, 0.6) is 0 Å². The number of allylic oxidation sites excluding steroid dienone is 1. The van der Waals surface area contributed by atoms with Crippen molar-refractivity contribution in [2.24, 2.45) is 10.9 Å². The molecule has 0 radical (unpaired) electrons. The highest BCUT2D eigenvalue weighted by molar-refractivity contribution is 5.78. The van der Waals surface area contributed by atoms with Gasteiger partial charge in [-0.15, -0.1) is 0 Å². The van der Waals surface area contributed by atoms with Crippen LogP contribution in [0.1, 0.15) is 49.7 Å². The number of anilines is 1. The molecular weight excluding hydrogens is 377 g/mol. The number of nitrogen functional groups attached to an aromatic ring is 1. The van der Waals surface area contributed by atoms with E-state index in [1.165, 1.54) is 12.6 Å². The first-order valence-corrected chi connectivity index (χ1v) is 10.6. The number of nitrogens with zero attached hydrogens (tertiary/aromatic N) is 4. The minimum atomic E-state index is -0.167. The van der Waals surface area contributed by atoms with Crippen molar-refractivity contribution in [1.29, 1.82) is 0 Å². The first kappa shape index (κ1) is 20.3. The van der Waals surface area contributed by atoms with E-state index < -0.39 is 0 Å². The van der Waals surface area contributed by atoms with Gasteiger partial charge in [0.15, 0.2) is 0 Å². The van der Waals surface area contributed by atoms with Crippen molar-refractivity contribution >= 4 is 12.0 Å². The summed E-state index contributed by atoms with van der Waals surface area (Å²) in [6.45, 7) is 7.07. The van der Waals surface area contributed by atoms with Crippen molar-refractivity contribution in [3.63, 3.8) is 0 Å². The zero-order valence-corrected chi connectivity index (χ0v) is 17.4. The predicted molar refractivity (Wildman–Crippen MR) is 119 cm³/mol. The number of rotatable bonds is 7. The Morgan fingerprint density at radius 1 is 1.27 bits per heavy atom. The third-order valence-electron chi connectivity index (χ3n) is 6.09. The van der Waals surface area contributed by atoms with Crippen molar-refractivity contribution in [2.75, 3.05) is 12.3 Å². The predicted octanol–water partition coefficient (Wildman–Crippen LogP) is 5.07. The number of hydrogen-bond donors (Lipinski definition) is 1. The quantitative estimate of drug-likeness (QED) is 0.698. The summed E-state index contributed by atoms with van der Waals surface area (Å²) in [7, 11) is 0. The first-order valence-electron chi connectivity index (χ1n) is 10.6. The molecule has 0 saturated heterocycles. The topological polar surface area (TPSA) is 67.4 Å². The summed E-state index contributed by atoms with van der Waals surface area (Å²) < 4.78 is 15.7. The Morgan fingerprint density at radius 3 is 2.77 bits per heavy atom. The van der Waals surface area contributed by atoms with E-state index in [-0.39, 0.29) is 5.82 Å². The minimum Gasteiger partial charge on any atom is -0.382 e. The highest BCUT2D eigenvalue weighted by Gasteiger charge is 2.26. The maximum absolute atomic E-state index is 15.7. The second-order valence-corrected chi connectivity index (χ2v) is 8.31. The molecule has 0 spiro atoms. The van der Waals surface area contributed by atoms with Crippen LogP contribution in [0.15, 0.2) is 54.2 Å². The molecule has 1 atom stereocenters. The van der Waals surface area contributed by atoms with Gasteiger partial charge in [0, 0.05) is 30.7 Å². The highest BCUT2D eigenvalue weighted by atomic mass is 19.1. The summed E-state index contributed by atoms with van der Waals surface area (Å²) in [5.41, 5.74) is 9.53. The Hall–Kier alpha value is -3.02. The first-order chi connectivity index (χ1) is 14.5. The lowest BCUT2D eigenvalue weighted by atomic mass is 9.76. The van der Waals surface area contributed by atoms with E-state index in [4.69, 9.17) is 5.73 Å². The van der Waals surface area contributed by atoms with Gasteiger partial charge in [-0.2, -0.15) is 0 Å². The maximum Gasteiger partial charge on any atom is 0.141 e. The van der Waals surface area contributed by atoms with Gasteiger partial charge in [0.2, 0.25) is 0 Å². The number of aliphatic imine (C=N–C) groups is 1. The summed E-state index contributed by atoms with van der Waals surface area (Å²) >= 11 is 0. The molecule has 1 aliphatic carbocycles. The van der Waals surface area contributed by atoms with Crippen LogP contribution in [0.25, 0.3) is 11.3 Å². The molecule has 1 saturated carbocycles. The fraction of sp³-hybridized carbons (Fsp3) is 0.375. The molecule has 1 aliphatic heterocycles. The van der Waals surface area contributed by atoms with E-state index in [9.17, 15) is 0 Å². The van der Waals surface area contributed by atoms with Crippen molar-refractivity contribution in [1.82, 2.24) is 14.9 Å². The summed E-state index contributed by atoms with van der Waals surface area (Å²) in [6, 6.07) is 3.93. The van der Waals surface area contributed by atoms with Crippen molar-refractivity contribution in [3.05, 3.63) is 66.1 Å². The number of halogens is 1. The van der Waals surface area contributed by atoms with E-state index in [1.54, 1.807) is 18.6 Å². The van der Waals surface area contributed by atoms with E-state index in [2.05, 4.69) is 39.4 Å². The van der Waals surface area contributed by atoms with Crippen LogP contribution in [-0.2, 0) is 6.42 Å². The molecule has 6 heteroatoms. The number of hydrogen-bond acceptors (Lipinski definition) is 5. The zero-order valence-electron chi connectivity index (χ0n) is 17.4. The standard InChI is InChI=1S/C24H28FN5/c1-16(15-30-11-10-27-12-17(30)2)6-7-20-19(18-4-3-5-18)8-9-21(24(20)25)22-13-29-23(26)14-28-22/h8-14,16,18H,2-7,15H2,1H3,(H2,26,29). The van der Waals surface area contributed by atoms with Gasteiger partial charge in [-0.1, -0.05) is 26.0 Å². The van der Waals surface area contributed by atoms with Crippen LogP contribution in [-0.4, -0.2) is 27.6 Å². The molecule has 156 valence electrons. The monoisotopic (exact) mass is 405 g/mol. The molecule has 0 bridgehead atoms. The Bertz CT molecular complexity index is 976. The van der Waals surface area contributed by atoms with Gasteiger partial charge in [-0.3, -0.25) is 9.98 Å². The van der Waals surface area contributed by atoms with Crippen LogP contribution < -0.4 is 5.73 Å². The molecule has 2 aliphatic rings. The van der Waals surface area contributed by atoms with Crippen molar-refractivity contribution < 1.29 is 4.39 Å². The summed E-state index contributed by atoms with van der Waals surface area (Å²) in [5.74, 6) is 1.02. The van der Waals surface area contributed by atoms with Crippen LogP contribution in [0, 0.1) is 11.7 Å². The molecule has 0 amide bonds. The van der Waals surface area contributed by atoms with Gasteiger partial charge in [-0.05, 0) is 54.7 Å². The average molecular weight is 406 g/mol. The Morgan fingerprint density at radius 2 is 2.10 bits per heavy atom. The van der Waals surface area contributed by atoms with Gasteiger partial charge in [0.25, 0.3) is 0 Å². The van der Waals surface area contributed by atoms with Crippen LogP contribution >= 0.6 is 0 Å². The molecule has 30 heavy (non-hydrogen) atoms. The van der Waals surface area contributed by atoms with E-state index >= 15 is 4.39 Å². The van der Waals surface area contributed by atoms with Gasteiger partial charge in [0.05, 0.1) is 23.8 Å². The lowest BCUT2D eigenvalue weighted by Crippen LogP contribution is -2.25. The molecule has 5 nitrogen and oxygen atoms in total. The van der Waals surface area contributed by atoms with Gasteiger partial charge >= 0.3 is 0 Å². The average Bonchev–Trinajstić information content (AvgIpc) is 2.69. The molecule has 2 aromatic rings. The van der Waals surface area contributed by atoms with Crippen molar-refractivity contribution in [3.8, 4) is 11.3 Å². The third-order valence-corrected chi connectivity index (χ3v) is 6.09. The second kappa shape index (κ2) is 8.78. The summed E-state index contributed by atoms with van der Waals surface area (Å²) in [5, 5.41) is 0. The molecule has 1 aromatic carbocycles. The third kappa shape index (κ3) is 4.27. The summed E-state index contributed by atoms with van der Waals surface area (Å²) in [4.78, 5) is 14.5. The maximum atomic E-state index is 15.7.